The van der Waals surface area contributed by atoms with Crippen LogP contribution in [0.5, 0.6) is 0 Å². The third-order valence-corrected chi connectivity index (χ3v) is 5.02. The van der Waals surface area contributed by atoms with Crippen LogP contribution in [0, 0.1) is 5.82 Å². The van der Waals surface area contributed by atoms with E-state index < -0.39 is 11.8 Å². The SMILES string of the molecule is CN(c1cc(C2CC2)cc(C2CC2)c1)c1ccc(C(=O)O)c(F)c1. The standard InChI is InChI=1S/C20H20FNO2/c1-22(16-6-7-18(20(23)24)19(21)11-16)17-9-14(12-2-3-12)8-15(10-17)13-4-5-13/h6-13H,2-5H2,1H3,(H,23,24). The first-order valence-electron chi connectivity index (χ1n) is 8.44. The predicted octanol–water partition coefficient (Wildman–Crippen LogP) is 5.05. The minimum atomic E-state index is -1.24. The molecule has 2 aliphatic rings. The number of rotatable bonds is 5. The van der Waals surface area contributed by atoms with Crippen molar-refractivity contribution in [2.24, 2.45) is 0 Å². The number of nitrogens with zero attached hydrogens (tertiary/aromatic N) is 1. The Bertz CT molecular complexity index is 779. The smallest absolute Gasteiger partial charge is 0.338 e. The van der Waals surface area contributed by atoms with E-state index in [2.05, 4.69) is 18.2 Å². The molecule has 0 spiro atoms. The topological polar surface area (TPSA) is 40.5 Å². The van der Waals surface area contributed by atoms with Gasteiger partial charge >= 0.3 is 5.97 Å². The lowest BCUT2D eigenvalue weighted by atomic mass is 10.0. The van der Waals surface area contributed by atoms with Gasteiger partial charge in [0.1, 0.15) is 5.82 Å². The van der Waals surface area contributed by atoms with Gasteiger partial charge in [0.25, 0.3) is 0 Å². The van der Waals surface area contributed by atoms with E-state index in [0.29, 0.717) is 17.5 Å². The molecule has 0 bridgehead atoms. The van der Waals surface area contributed by atoms with Crippen LogP contribution in [0.4, 0.5) is 15.8 Å². The number of hydrogen-bond acceptors (Lipinski definition) is 2. The molecule has 1 N–H and O–H groups in total. The molecule has 24 heavy (non-hydrogen) atoms. The van der Waals surface area contributed by atoms with Crippen molar-refractivity contribution in [1.29, 1.82) is 0 Å². The molecule has 0 radical (unpaired) electrons. The summed E-state index contributed by atoms with van der Waals surface area (Å²) in [6, 6.07) is 11.0. The summed E-state index contributed by atoms with van der Waals surface area (Å²) in [4.78, 5) is 12.9. The molecule has 0 aromatic heterocycles. The molecule has 4 rings (SSSR count). The van der Waals surface area contributed by atoms with Gasteiger partial charge in [-0.05, 0) is 79.0 Å². The highest BCUT2D eigenvalue weighted by molar-refractivity contribution is 5.88. The molecule has 0 saturated heterocycles. The van der Waals surface area contributed by atoms with Crippen LogP contribution in [0.3, 0.4) is 0 Å². The molecule has 0 atom stereocenters. The molecular formula is C20H20FNO2. The monoisotopic (exact) mass is 325 g/mol. The average Bonchev–Trinajstić information content (AvgIpc) is 3.46. The van der Waals surface area contributed by atoms with E-state index in [1.54, 1.807) is 6.07 Å². The Balaban J connectivity index is 1.69. The minimum absolute atomic E-state index is 0.294. The lowest BCUT2D eigenvalue weighted by Crippen LogP contribution is -2.11. The van der Waals surface area contributed by atoms with Crippen LogP contribution >= 0.6 is 0 Å². The number of carboxylic acid groups (broad SMARTS) is 1. The van der Waals surface area contributed by atoms with Gasteiger partial charge in [0.15, 0.2) is 0 Å². The van der Waals surface area contributed by atoms with Crippen molar-refractivity contribution in [1.82, 2.24) is 0 Å². The lowest BCUT2D eigenvalue weighted by molar-refractivity contribution is 0.0692. The van der Waals surface area contributed by atoms with E-state index in [4.69, 9.17) is 5.11 Å². The Kier molecular flexibility index (Phi) is 3.56. The third kappa shape index (κ3) is 2.88. The van der Waals surface area contributed by atoms with Crippen LogP contribution in [0.25, 0.3) is 0 Å². The van der Waals surface area contributed by atoms with Crippen molar-refractivity contribution in [2.75, 3.05) is 11.9 Å². The first kappa shape index (κ1) is 15.2. The average molecular weight is 325 g/mol. The number of halogens is 1. The zero-order valence-corrected chi connectivity index (χ0v) is 13.6. The first-order chi connectivity index (χ1) is 11.5. The quantitative estimate of drug-likeness (QED) is 0.836. The Labute approximate surface area is 140 Å². The van der Waals surface area contributed by atoms with Crippen molar-refractivity contribution in [3.63, 3.8) is 0 Å². The van der Waals surface area contributed by atoms with Crippen molar-refractivity contribution >= 4 is 17.3 Å². The molecule has 0 unspecified atom stereocenters. The summed E-state index contributed by atoms with van der Waals surface area (Å²) in [5.41, 5.74) is 4.17. The second-order valence-corrected chi connectivity index (χ2v) is 6.93. The molecule has 2 saturated carbocycles. The van der Waals surface area contributed by atoms with Crippen LogP contribution in [0.2, 0.25) is 0 Å². The van der Waals surface area contributed by atoms with Crippen LogP contribution < -0.4 is 4.90 Å². The van der Waals surface area contributed by atoms with Crippen molar-refractivity contribution in [2.45, 2.75) is 37.5 Å². The highest BCUT2D eigenvalue weighted by Crippen LogP contribution is 2.46. The number of hydrogen-bond donors (Lipinski definition) is 1. The second kappa shape index (κ2) is 5.62. The van der Waals surface area contributed by atoms with Crippen molar-refractivity contribution < 1.29 is 14.3 Å². The van der Waals surface area contributed by atoms with Gasteiger partial charge in [-0.1, -0.05) is 6.07 Å². The maximum Gasteiger partial charge on any atom is 0.338 e. The summed E-state index contributed by atoms with van der Waals surface area (Å²) in [7, 11) is 1.90. The number of benzene rings is 2. The second-order valence-electron chi connectivity index (χ2n) is 6.93. The van der Waals surface area contributed by atoms with E-state index in [1.165, 1.54) is 48.9 Å². The number of carboxylic acids is 1. The highest BCUT2D eigenvalue weighted by atomic mass is 19.1. The maximum atomic E-state index is 14.0. The van der Waals surface area contributed by atoms with E-state index >= 15 is 0 Å². The number of anilines is 2. The summed E-state index contributed by atoms with van der Waals surface area (Å²) in [6.45, 7) is 0. The van der Waals surface area contributed by atoms with Gasteiger partial charge in [0.2, 0.25) is 0 Å². The Morgan fingerprint density at radius 2 is 1.58 bits per heavy atom. The van der Waals surface area contributed by atoms with Gasteiger partial charge in [-0.3, -0.25) is 0 Å². The molecular weight excluding hydrogens is 305 g/mol. The van der Waals surface area contributed by atoms with E-state index in [-0.39, 0.29) is 5.56 Å². The zero-order chi connectivity index (χ0) is 16.8. The zero-order valence-electron chi connectivity index (χ0n) is 13.6. The molecule has 0 aliphatic heterocycles. The van der Waals surface area contributed by atoms with E-state index in [0.717, 1.165) is 5.69 Å². The van der Waals surface area contributed by atoms with Crippen LogP contribution in [0.1, 0.15) is 59.0 Å². The van der Waals surface area contributed by atoms with Gasteiger partial charge in [0, 0.05) is 18.4 Å². The molecule has 2 aromatic carbocycles. The predicted molar refractivity (Wildman–Crippen MR) is 91.8 cm³/mol. The normalized spacial score (nSPS) is 16.9. The van der Waals surface area contributed by atoms with Gasteiger partial charge in [0.05, 0.1) is 5.56 Å². The van der Waals surface area contributed by atoms with Crippen LogP contribution in [-0.2, 0) is 0 Å². The number of carbonyl (C=O) groups is 1. The fourth-order valence-electron chi connectivity index (χ4n) is 3.19. The molecule has 2 fully saturated rings. The fraction of sp³-hybridized carbons (Fsp3) is 0.350. The Morgan fingerprint density at radius 3 is 2.04 bits per heavy atom. The lowest BCUT2D eigenvalue weighted by Gasteiger charge is -2.22. The largest absolute Gasteiger partial charge is 0.478 e. The summed E-state index contributed by atoms with van der Waals surface area (Å²) >= 11 is 0. The molecule has 4 heteroatoms. The van der Waals surface area contributed by atoms with Gasteiger partial charge in [-0.15, -0.1) is 0 Å². The number of aromatic carboxylic acids is 1. The van der Waals surface area contributed by atoms with Crippen LogP contribution in [0.15, 0.2) is 36.4 Å². The van der Waals surface area contributed by atoms with Crippen molar-refractivity contribution in [3.05, 3.63) is 58.9 Å². The molecule has 2 aliphatic carbocycles. The Hall–Kier alpha value is -2.36. The van der Waals surface area contributed by atoms with Gasteiger partial charge in [-0.2, -0.15) is 0 Å². The Morgan fingerprint density at radius 1 is 1.00 bits per heavy atom. The highest BCUT2D eigenvalue weighted by Gasteiger charge is 2.29. The van der Waals surface area contributed by atoms with E-state index in [9.17, 15) is 9.18 Å². The summed E-state index contributed by atoms with van der Waals surface area (Å²) in [5.74, 6) is -0.606. The minimum Gasteiger partial charge on any atom is -0.478 e. The van der Waals surface area contributed by atoms with Crippen molar-refractivity contribution in [3.8, 4) is 0 Å². The molecule has 2 aromatic rings. The van der Waals surface area contributed by atoms with Crippen LogP contribution in [-0.4, -0.2) is 18.1 Å². The molecule has 0 amide bonds. The fourth-order valence-corrected chi connectivity index (χ4v) is 3.19. The van der Waals surface area contributed by atoms with Gasteiger partial charge < -0.3 is 10.0 Å². The molecule has 0 heterocycles. The molecule has 124 valence electrons. The van der Waals surface area contributed by atoms with Gasteiger partial charge in [-0.25, -0.2) is 9.18 Å². The third-order valence-electron chi connectivity index (χ3n) is 5.02. The van der Waals surface area contributed by atoms with E-state index in [1.807, 2.05) is 11.9 Å². The first-order valence-corrected chi connectivity index (χ1v) is 8.44. The maximum absolute atomic E-state index is 14.0. The summed E-state index contributed by atoms with van der Waals surface area (Å²) in [6.07, 6.45) is 5.00. The summed E-state index contributed by atoms with van der Waals surface area (Å²) in [5, 5.41) is 8.97. The summed E-state index contributed by atoms with van der Waals surface area (Å²) < 4.78 is 14.0. The molecule has 3 nitrogen and oxygen atoms in total.